The Morgan fingerprint density at radius 2 is 2.33 bits per heavy atom. The van der Waals surface area contributed by atoms with E-state index in [1.165, 1.54) is 11.3 Å². The van der Waals surface area contributed by atoms with Gasteiger partial charge in [0.15, 0.2) is 0 Å². The summed E-state index contributed by atoms with van der Waals surface area (Å²) in [4.78, 5) is 11.7. The maximum absolute atomic E-state index is 9.01. The highest BCUT2D eigenvalue weighted by Crippen LogP contribution is 2.27. The Morgan fingerprint density at radius 1 is 1.44 bits per heavy atom. The van der Waals surface area contributed by atoms with E-state index in [9.17, 15) is 0 Å². The molecule has 5 nitrogen and oxygen atoms in total. The second-order valence-electron chi connectivity index (χ2n) is 4.00. The smallest absolute Gasteiger partial charge is 0.123 e. The van der Waals surface area contributed by atoms with Crippen LogP contribution < -0.4 is 5.73 Å². The van der Waals surface area contributed by atoms with Crippen molar-refractivity contribution in [3.05, 3.63) is 35.6 Å². The summed E-state index contributed by atoms with van der Waals surface area (Å²) in [5.74, 6) is 0. The van der Waals surface area contributed by atoms with Gasteiger partial charge in [0, 0.05) is 10.9 Å². The van der Waals surface area contributed by atoms with Crippen LogP contribution in [-0.2, 0) is 0 Å². The van der Waals surface area contributed by atoms with E-state index >= 15 is 0 Å². The first-order valence-corrected chi connectivity index (χ1v) is 6.41. The number of benzene rings is 1. The molecule has 0 amide bonds. The van der Waals surface area contributed by atoms with Gasteiger partial charge >= 0.3 is 0 Å². The molecule has 0 bridgehead atoms. The second kappa shape index (κ2) is 4.49. The number of thiazole rings is 1. The Kier molecular flexibility index (Phi) is 2.83. The minimum absolute atomic E-state index is 0.0945. The summed E-state index contributed by atoms with van der Waals surface area (Å²) < 4.78 is 0. The van der Waals surface area contributed by atoms with Crippen LogP contribution in [0.4, 0.5) is 0 Å². The van der Waals surface area contributed by atoms with Crippen LogP contribution in [0.3, 0.4) is 0 Å². The second-order valence-corrected chi connectivity index (χ2v) is 4.86. The first-order chi connectivity index (χ1) is 8.78. The lowest BCUT2D eigenvalue weighted by atomic mass is 10.2. The molecule has 0 aliphatic heterocycles. The van der Waals surface area contributed by atoms with E-state index in [0.717, 1.165) is 27.3 Å². The number of hydrogen-bond donors (Lipinski definition) is 3. The van der Waals surface area contributed by atoms with Crippen molar-refractivity contribution in [1.29, 1.82) is 0 Å². The van der Waals surface area contributed by atoms with Gasteiger partial charge in [-0.3, -0.25) is 0 Å². The summed E-state index contributed by atoms with van der Waals surface area (Å²) >= 11 is 1.52. The lowest BCUT2D eigenvalue weighted by molar-refractivity contribution is 0.266. The molecule has 0 radical (unpaired) electrons. The number of fused-ring (bicyclic) bond motifs is 1. The van der Waals surface area contributed by atoms with Crippen LogP contribution in [0.5, 0.6) is 0 Å². The number of aromatic amines is 1. The molecule has 3 rings (SSSR count). The molecule has 0 spiro atoms. The molecule has 0 aliphatic carbocycles. The molecule has 2 heterocycles. The molecule has 1 atom stereocenters. The molecular weight excluding hydrogens is 248 g/mol. The van der Waals surface area contributed by atoms with Gasteiger partial charge in [0.1, 0.15) is 5.01 Å². The average Bonchev–Trinajstić information content (AvgIpc) is 3.05. The lowest BCUT2D eigenvalue weighted by Crippen LogP contribution is -2.14. The van der Waals surface area contributed by atoms with Crippen molar-refractivity contribution in [2.75, 3.05) is 6.61 Å². The quantitative estimate of drug-likeness (QED) is 0.668. The maximum Gasteiger partial charge on any atom is 0.123 e. The summed E-state index contributed by atoms with van der Waals surface area (Å²) in [5, 5.41) is 11.8. The van der Waals surface area contributed by atoms with Gasteiger partial charge in [-0.2, -0.15) is 0 Å². The monoisotopic (exact) mass is 260 g/mol. The van der Waals surface area contributed by atoms with Gasteiger partial charge in [-0.05, 0) is 18.2 Å². The summed E-state index contributed by atoms with van der Waals surface area (Å²) in [6.45, 7) is -0.0945. The molecule has 0 saturated heterocycles. The van der Waals surface area contributed by atoms with Gasteiger partial charge in [-0.15, -0.1) is 11.3 Å². The van der Waals surface area contributed by atoms with Crippen LogP contribution in [0, 0.1) is 0 Å². The van der Waals surface area contributed by atoms with Gasteiger partial charge in [-0.1, -0.05) is 0 Å². The molecule has 3 aromatic rings. The lowest BCUT2D eigenvalue weighted by Gasteiger charge is -2.02. The van der Waals surface area contributed by atoms with Crippen LogP contribution in [0.15, 0.2) is 29.9 Å². The van der Waals surface area contributed by atoms with Gasteiger partial charge in [0.05, 0.1) is 35.7 Å². The van der Waals surface area contributed by atoms with Gasteiger partial charge < -0.3 is 15.8 Å². The molecule has 18 heavy (non-hydrogen) atoms. The summed E-state index contributed by atoms with van der Waals surface area (Å²) in [5.41, 5.74) is 9.40. The van der Waals surface area contributed by atoms with Crippen molar-refractivity contribution in [3.8, 4) is 10.6 Å². The first-order valence-electron chi connectivity index (χ1n) is 5.53. The first kappa shape index (κ1) is 11.3. The van der Waals surface area contributed by atoms with Crippen molar-refractivity contribution in [2.24, 2.45) is 5.73 Å². The normalized spacial score (nSPS) is 13.0. The summed E-state index contributed by atoms with van der Waals surface area (Å²) in [6.07, 6.45) is 1.67. The van der Waals surface area contributed by atoms with Crippen molar-refractivity contribution < 1.29 is 5.11 Å². The van der Waals surface area contributed by atoms with E-state index in [2.05, 4.69) is 15.0 Å². The molecule has 0 fully saturated rings. The van der Waals surface area contributed by atoms with E-state index in [-0.39, 0.29) is 6.61 Å². The highest BCUT2D eigenvalue weighted by Gasteiger charge is 2.11. The average molecular weight is 260 g/mol. The molecule has 92 valence electrons. The van der Waals surface area contributed by atoms with Crippen molar-refractivity contribution in [2.45, 2.75) is 6.04 Å². The van der Waals surface area contributed by atoms with E-state index in [4.69, 9.17) is 10.8 Å². The Bertz CT molecular complexity index is 675. The number of nitrogens with one attached hydrogen (secondary N) is 1. The zero-order chi connectivity index (χ0) is 12.5. The van der Waals surface area contributed by atoms with Crippen LogP contribution in [0.1, 0.15) is 11.7 Å². The molecule has 2 aromatic heterocycles. The van der Waals surface area contributed by atoms with Gasteiger partial charge in [0.2, 0.25) is 0 Å². The van der Waals surface area contributed by atoms with E-state index < -0.39 is 6.04 Å². The Morgan fingerprint density at radius 3 is 3.17 bits per heavy atom. The molecule has 0 aliphatic rings. The van der Waals surface area contributed by atoms with Crippen LogP contribution in [-0.4, -0.2) is 26.7 Å². The van der Waals surface area contributed by atoms with E-state index in [1.54, 1.807) is 6.33 Å². The Labute approximate surface area is 107 Å². The fraction of sp³-hybridized carbons (Fsp3) is 0.167. The number of hydrogen-bond acceptors (Lipinski definition) is 5. The number of nitrogens with zero attached hydrogens (tertiary/aromatic N) is 2. The van der Waals surface area contributed by atoms with Crippen molar-refractivity contribution in [3.63, 3.8) is 0 Å². The zero-order valence-electron chi connectivity index (χ0n) is 9.50. The van der Waals surface area contributed by atoms with Crippen LogP contribution >= 0.6 is 11.3 Å². The Balaban J connectivity index is 2.00. The molecular formula is C12H12N4OS. The number of H-pyrrole nitrogens is 1. The largest absolute Gasteiger partial charge is 0.394 e. The van der Waals surface area contributed by atoms with E-state index in [0.29, 0.717) is 0 Å². The van der Waals surface area contributed by atoms with Crippen molar-refractivity contribution in [1.82, 2.24) is 15.0 Å². The fourth-order valence-electron chi connectivity index (χ4n) is 1.75. The van der Waals surface area contributed by atoms with Crippen LogP contribution in [0.2, 0.25) is 0 Å². The number of aromatic nitrogens is 3. The highest BCUT2D eigenvalue weighted by atomic mass is 32.1. The molecule has 6 heteroatoms. The summed E-state index contributed by atoms with van der Waals surface area (Å²) in [6, 6.07) is 5.53. The predicted molar refractivity (Wildman–Crippen MR) is 71.2 cm³/mol. The minimum Gasteiger partial charge on any atom is -0.394 e. The third kappa shape index (κ3) is 1.90. The van der Waals surface area contributed by atoms with Crippen molar-refractivity contribution >= 4 is 22.4 Å². The third-order valence-electron chi connectivity index (χ3n) is 2.77. The fourth-order valence-corrected chi connectivity index (χ4v) is 2.63. The predicted octanol–water partition coefficient (Wildman–Crippen LogP) is 1.68. The summed E-state index contributed by atoms with van der Waals surface area (Å²) in [7, 11) is 0. The van der Waals surface area contributed by atoms with Crippen LogP contribution in [0.25, 0.3) is 21.6 Å². The SMILES string of the molecule is NC(CO)c1csc(-c2ccc3nc[nH]c3c2)n1. The minimum atomic E-state index is -0.411. The number of aliphatic hydroxyl groups excluding tert-OH is 1. The molecule has 0 saturated carbocycles. The molecule has 1 unspecified atom stereocenters. The molecule has 1 aromatic carbocycles. The topological polar surface area (TPSA) is 87.8 Å². The molecule has 4 N–H and O–H groups in total. The zero-order valence-corrected chi connectivity index (χ0v) is 10.3. The third-order valence-corrected chi connectivity index (χ3v) is 3.68. The standard InChI is InChI=1S/C12H12N4OS/c13-8(4-17)11-5-18-12(16-11)7-1-2-9-10(3-7)15-6-14-9/h1-3,5-6,8,17H,4,13H2,(H,14,15). The number of aliphatic hydroxyl groups is 1. The Hall–Kier alpha value is -1.76. The van der Waals surface area contributed by atoms with Gasteiger partial charge in [0.25, 0.3) is 0 Å². The number of imidazole rings is 1. The highest BCUT2D eigenvalue weighted by molar-refractivity contribution is 7.13. The number of rotatable bonds is 3. The van der Waals surface area contributed by atoms with E-state index in [1.807, 2.05) is 23.6 Å². The number of nitrogens with two attached hydrogens (primary N) is 1. The van der Waals surface area contributed by atoms with Gasteiger partial charge in [-0.25, -0.2) is 9.97 Å². The maximum atomic E-state index is 9.01.